The van der Waals surface area contributed by atoms with Gasteiger partial charge in [0.25, 0.3) is 0 Å². The van der Waals surface area contributed by atoms with E-state index in [0.29, 0.717) is 24.0 Å². The van der Waals surface area contributed by atoms with Crippen molar-refractivity contribution in [2.45, 2.75) is 69.6 Å². The SMILES string of the molecule is COC[C@@H](C)Nc1ncc2c(-c3ccc(CN4CCN(C(C)SC)CC4)cc3)cn([C@H]3CC[C@H](O)CC3)c2n1. The van der Waals surface area contributed by atoms with Crippen molar-refractivity contribution in [3.63, 3.8) is 0 Å². The van der Waals surface area contributed by atoms with Gasteiger partial charge in [0.1, 0.15) is 5.65 Å². The number of nitrogens with one attached hydrogen (secondary N) is 1. The standard InChI is InChI=1S/C30H44N6O2S/c1-21(20-38-3)32-30-31-17-27-28(19-36(29(27)33-30)25-9-11-26(37)12-10-25)24-7-5-23(6-8-24)18-34-13-15-35(16-14-34)22(2)39-4/h5-8,17,19,21-22,25-26,37H,9-16,18,20H2,1-4H3,(H,31,32,33)/t21-,22?,25-,26-/m1/s1. The molecule has 0 radical (unpaired) electrons. The second kappa shape index (κ2) is 13.0. The number of hydrogen-bond donors (Lipinski definition) is 2. The lowest BCUT2D eigenvalue weighted by Gasteiger charge is -2.37. The molecule has 2 fully saturated rings. The maximum absolute atomic E-state index is 10.1. The fourth-order valence-corrected chi connectivity index (χ4v) is 6.45. The van der Waals surface area contributed by atoms with E-state index in [0.717, 1.165) is 69.4 Å². The second-order valence-corrected chi connectivity index (χ2v) is 12.3. The molecule has 212 valence electrons. The molecule has 1 aliphatic heterocycles. The summed E-state index contributed by atoms with van der Waals surface area (Å²) in [6.45, 7) is 10.5. The highest BCUT2D eigenvalue weighted by atomic mass is 32.2. The quantitative estimate of drug-likeness (QED) is 0.370. The Morgan fingerprint density at radius 1 is 1.08 bits per heavy atom. The summed E-state index contributed by atoms with van der Waals surface area (Å²) in [6.07, 6.45) is 9.80. The Labute approximate surface area is 237 Å². The first-order valence-corrected chi connectivity index (χ1v) is 15.6. The third kappa shape index (κ3) is 6.77. The number of ether oxygens (including phenoxy) is 1. The minimum Gasteiger partial charge on any atom is -0.393 e. The molecular weight excluding hydrogens is 508 g/mol. The van der Waals surface area contributed by atoms with E-state index in [-0.39, 0.29) is 12.1 Å². The Bertz CT molecular complexity index is 1200. The third-order valence-electron chi connectivity index (χ3n) is 8.36. The van der Waals surface area contributed by atoms with Gasteiger partial charge in [-0.25, -0.2) is 4.98 Å². The number of rotatable bonds is 10. The molecule has 5 rings (SSSR count). The first-order valence-electron chi connectivity index (χ1n) is 14.3. The fourth-order valence-electron chi connectivity index (χ4n) is 5.94. The van der Waals surface area contributed by atoms with E-state index in [4.69, 9.17) is 9.72 Å². The maximum atomic E-state index is 10.1. The third-order valence-corrected chi connectivity index (χ3v) is 9.34. The summed E-state index contributed by atoms with van der Waals surface area (Å²) in [6, 6.07) is 9.49. The first kappa shape index (κ1) is 28.4. The summed E-state index contributed by atoms with van der Waals surface area (Å²) in [5, 5.41) is 15.1. The van der Waals surface area contributed by atoms with Crippen LogP contribution in [-0.2, 0) is 11.3 Å². The fraction of sp³-hybridized carbons (Fsp3) is 0.600. The van der Waals surface area contributed by atoms with Crippen LogP contribution >= 0.6 is 11.8 Å². The van der Waals surface area contributed by atoms with Crippen LogP contribution in [0.5, 0.6) is 0 Å². The molecule has 9 heteroatoms. The van der Waals surface area contributed by atoms with E-state index in [1.807, 2.05) is 18.0 Å². The average molecular weight is 553 g/mol. The molecule has 2 N–H and O–H groups in total. The van der Waals surface area contributed by atoms with Gasteiger partial charge in [-0.05, 0) is 56.9 Å². The molecule has 1 saturated heterocycles. The van der Waals surface area contributed by atoms with Crippen LogP contribution in [0.25, 0.3) is 22.2 Å². The summed E-state index contributed by atoms with van der Waals surface area (Å²) in [4.78, 5) is 14.8. The number of aliphatic hydroxyl groups excluding tert-OH is 1. The molecule has 1 aromatic carbocycles. The number of benzene rings is 1. The van der Waals surface area contributed by atoms with Gasteiger partial charge in [0.15, 0.2) is 0 Å². The number of aromatic nitrogens is 3. The lowest BCUT2D eigenvalue weighted by molar-refractivity contribution is 0.111. The number of piperazine rings is 1. The zero-order chi connectivity index (χ0) is 27.4. The Hall–Kier alpha value is -2.17. The Morgan fingerprint density at radius 3 is 2.46 bits per heavy atom. The number of nitrogens with zero attached hydrogens (tertiary/aromatic N) is 5. The van der Waals surface area contributed by atoms with Crippen molar-refractivity contribution in [3.8, 4) is 11.1 Å². The van der Waals surface area contributed by atoms with Crippen LogP contribution in [0.2, 0.25) is 0 Å². The van der Waals surface area contributed by atoms with Crippen LogP contribution in [-0.4, -0.2) is 93.1 Å². The number of aliphatic hydroxyl groups is 1. The molecule has 8 nitrogen and oxygen atoms in total. The molecule has 2 atom stereocenters. The van der Waals surface area contributed by atoms with Crippen molar-refractivity contribution >= 4 is 28.7 Å². The number of anilines is 1. The van der Waals surface area contributed by atoms with Gasteiger partial charge in [0, 0.05) is 75.3 Å². The molecule has 1 saturated carbocycles. The molecule has 39 heavy (non-hydrogen) atoms. The average Bonchev–Trinajstić information content (AvgIpc) is 3.33. The summed E-state index contributed by atoms with van der Waals surface area (Å²) >= 11 is 1.93. The molecule has 2 aliphatic rings. The van der Waals surface area contributed by atoms with Crippen LogP contribution in [0, 0.1) is 0 Å². The van der Waals surface area contributed by atoms with Gasteiger partial charge in [-0.3, -0.25) is 9.80 Å². The molecule has 3 heterocycles. The van der Waals surface area contributed by atoms with Crippen LogP contribution in [0.4, 0.5) is 5.95 Å². The Kier molecular flexibility index (Phi) is 9.45. The molecule has 3 aromatic rings. The zero-order valence-electron chi connectivity index (χ0n) is 23.8. The Balaban J connectivity index is 1.36. The molecule has 2 aromatic heterocycles. The van der Waals surface area contributed by atoms with E-state index >= 15 is 0 Å². The topological polar surface area (TPSA) is 78.7 Å². The van der Waals surface area contributed by atoms with Gasteiger partial charge in [-0.15, -0.1) is 11.8 Å². The number of thioether (sulfide) groups is 1. The molecular formula is C30H44N6O2S. The van der Waals surface area contributed by atoms with Gasteiger partial charge < -0.3 is 19.7 Å². The van der Waals surface area contributed by atoms with Crippen molar-refractivity contribution in [2.24, 2.45) is 0 Å². The minimum absolute atomic E-state index is 0.115. The normalized spacial score (nSPS) is 22.7. The van der Waals surface area contributed by atoms with E-state index < -0.39 is 0 Å². The first-order chi connectivity index (χ1) is 18.9. The lowest BCUT2D eigenvalue weighted by atomic mass is 9.93. The molecule has 0 spiro atoms. The summed E-state index contributed by atoms with van der Waals surface area (Å²) < 4.78 is 7.60. The summed E-state index contributed by atoms with van der Waals surface area (Å²) in [5.41, 5.74) is 4.66. The van der Waals surface area contributed by atoms with Gasteiger partial charge in [-0.2, -0.15) is 4.98 Å². The predicted octanol–water partition coefficient (Wildman–Crippen LogP) is 4.85. The van der Waals surface area contributed by atoms with Crippen molar-refractivity contribution in [1.29, 1.82) is 0 Å². The van der Waals surface area contributed by atoms with Crippen molar-refractivity contribution < 1.29 is 9.84 Å². The molecule has 1 aliphatic carbocycles. The van der Waals surface area contributed by atoms with Gasteiger partial charge in [0.2, 0.25) is 5.95 Å². The van der Waals surface area contributed by atoms with Crippen LogP contribution in [0.1, 0.15) is 51.1 Å². The lowest BCUT2D eigenvalue weighted by Crippen LogP contribution is -2.48. The van der Waals surface area contributed by atoms with Crippen LogP contribution < -0.4 is 5.32 Å². The van der Waals surface area contributed by atoms with Gasteiger partial charge >= 0.3 is 0 Å². The van der Waals surface area contributed by atoms with Crippen molar-refractivity contribution in [1.82, 2.24) is 24.3 Å². The summed E-state index contributed by atoms with van der Waals surface area (Å²) in [7, 11) is 1.70. The summed E-state index contributed by atoms with van der Waals surface area (Å²) in [5.74, 6) is 0.621. The molecule has 1 unspecified atom stereocenters. The smallest absolute Gasteiger partial charge is 0.224 e. The van der Waals surface area contributed by atoms with Crippen molar-refractivity contribution in [2.75, 3.05) is 51.5 Å². The highest BCUT2D eigenvalue weighted by Crippen LogP contribution is 2.37. The highest BCUT2D eigenvalue weighted by molar-refractivity contribution is 7.99. The molecule has 0 bridgehead atoms. The van der Waals surface area contributed by atoms with Gasteiger partial charge in [0.05, 0.1) is 18.1 Å². The van der Waals surface area contributed by atoms with Crippen LogP contribution in [0.15, 0.2) is 36.7 Å². The Morgan fingerprint density at radius 2 is 1.79 bits per heavy atom. The zero-order valence-corrected chi connectivity index (χ0v) is 24.7. The minimum atomic E-state index is -0.186. The van der Waals surface area contributed by atoms with E-state index in [9.17, 15) is 5.11 Å². The van der Waals surface area contributed by atoms with E-state index in [1.54, 1.807) is 7.11 Å². The maximum Gasteiger partial charge on any atom is 0.224 e. The highest BCUT2D eigenvalue weighted by Gasteiger charge is 2.25. The van der Waals surface area contributed by atoms with Gasteiger partial charge in [-0.1, -0.05) is 24.3 Å². The number of methoxy groups -OCH3 is 1. The van der Waals surface area contributed by atoms with Crippen LogP contribution in [0.3, 0.4) is 0 Å². The number of fused-ring (bicyclic) bond motifs is 1. The largest absolute Gasteiger partial charge is 0.393 e. The van der Waals surface area contributed by atoms with E-state index in [2.05, 4.69) is 75.2 Å². The molecule has 0 amide bonds. The predicted molar refractivity (Wildman–Crippen MR) is 161 cm³/mol. The monoisotopic (exact) mass is 552 g/mol. The number of hydrogen-bond acceptors (Lipinski definition) is 8. The van der Waals surface area contributed by atoms with E-state index in [1.165, 1.54) is 16.7 Å². The van der Waals surface area contributed by atoms with Crippen molar-refractivity contribution in [3.05, 3.63) is 42.2 Å². The second-order valence-electron chi connectivity index (χ2n) is 11.2.